The van der Waals surface area contributed by atoms with Crippen molar-refractivity contribution in [1.29, 1.82) is 0 Å². The normalized spacial score (nSPS) is 12.2. The quantitative estimate of drug-likeness (QED) is 0.772. The van der Waals surface area contributed by atoms with E-state index in [1.807, 2.05) is 19.1 Å². The molecule has 1 aromatic rings. The summed E-state index contributed by atoms with van der Waals surface area (Å²) in [7, 11) is 0. The predicted octanol–water partition coefficient (Wildman–Crippen LogP) is 3.15. The van der Waals surface area contributed by atoms with E-state index in [4.69, 9.17) is 15.2 Å². The summed E-state index contributed by atoms with van der Waals surface area (Å²) >= 11 is 0. The molecule has 0 aromatic heterocycles. The van der Waals surface area contributed by atoms with Crippen LogP contribution < -0.4 is 15.2 Å². The van der Waals surface area contributed by atoms with Gasteiger partial charge < -0.3 is 15.2 Å². The van der Waals surface area contributed by atoms with Crippen LogP contribution in [0, 0.1) is 0 Å². The summed E-state index contributed by atoms with van der Waals surface area (Å²) < 4.78 is 11.7. The minimum atomic E-state index is 0.202. The Labute approximate surface area is 110 Å². The molecular weight excluding hydrogens is 226 g/mol. The topological polar surface area (TPSA) is 44.5 Å². The van der Waals surface area contributed by atoms with E-state index in [1.165, 1.54) is 0 Å². The average molecular weight is 251 g/mol. The number of hydrogen-bond acceptors (Lipinski definition) is 3. The third-order valence-electron chi connectivity index (χ3n) is 2.79. The van der Waals surface area contributed by atoms with E-state index in [0.717, 1.165) is 36.3 Å². The van der Waals surface area contributed by atoms with E-state index in [9.17, 15) is 0 Å². The summed E-state index contributed by atoms with van der Waals surface area (Å²) in [4.78, 5) is 0. The minimum Gasteiger partial charge on any atom is -0.490 e. The van der Waals surface area contributed by atoms with Crippen molar-refractivity contribution in [2.45, 2.75) is 46.1 Å². The fourth-order valence-corrected chi connectivity index (χ4v) is 1.98. The van der Waals surface area contributed by atoms with Crippen molar-refractivity contribution in [1.82, 2.24) is 0 Å². The first-order valence-corrected chi connectivity index (χ1v) is 6.84. The number of ether oxygens (including phenoxy) is 2. The molecular formula is C15H25NO2. The summed E-state index contributed by atoms with van der Waals surface area (Å²) in [6, 6.07) is 6.01. The third kappa shape index (κ3) is 4.22. The monoisotopic (exact) mass is 251 g/mol. The highest BCUT2D eigenvalue weighted by atomic mass is 16.5. The molecule has 1 unspecified atom stereocenters. The Morgan fingerprint density at radius 3 is 2.67 bits per heavy atom. The van der Waals surface area contributed by atoms with Gasteiger partial charge in [0.25, 0.3) is 0 Å². The largest absolute Gasteiger partial charge is 0.490 e. The van der Waals surface area contributed by atoms with Gasteiger partial charge in [-0.15, -0.1) is 0 Å². The first kappa shape index (κ1) is 14.8. The Morgan fingerprint density at radius 1 is 1.28 bits per heavy atom. The third-order valence-corrected chi connectivity index (χ3v) is 2.79. The number of nitrogens with two attached hydrogens (primary N) is 1. The fraction of sp³-hybridized carbons (Fsp3) is 0.600. The molecule has 0 bridgehead atoms. The zero-order chi connectivity index (χ0) is 13.4. The van der Waals surface area contributed by atoms with Crippen molar-refractivity contribution in [2.24, 2.45) is 5.73 Å². The van der Waals surface area contributed by atoms with Crippen molar-refractivity contribution < 1.29 is 9.47 Å². The first-order chi connectivity index (χ1) is 8.72. The van der Waals surface area contributed by atoms with Crippen LogP contribution in [0.15, 0.2) is 18.2 Å². The van der Waals surface area contributed by atoms with Gasteiger partial charge in [0, 0.05) is 0 Å². The summed E-state index contributed by atoms with van der Waals surface area (Å²) in [5.74, 6) is 1.69. The van der Waals surface area contributed by atoms with Crippen LogP contribution in [-0.4, -0.2) is 19.3 Å². The Kier molecular flexibility index (Phi) is 6.58. The van der Waals surface area contributed by atoms with Gasteiger partial charge >= 0.3 is 0 Å². The summed E-state index contributed by atoms with van der Waals surface area (Å²) in [5.41, 5.74) is 6.78. The Bertz CT molecular complexity index is 328. The highest BCUT2D eigenvalue weighted by Crippen LogP contribution is 2.33. The molecule has 3 heteroatoms. The van der Waals surface area contributed by atoms with Crippen molar-refractivity contribution in [3.63, 3.8) is 0 Å². The van der Waals surface area contributed by atoms with Crippen molar-refractivity contribution in [3.05, 3.63) is 23.8 Å². The molecule has 0 saturated heterocycles. The number of hydrogen-bond donors (Lipinski definition) is 1. The SMILES string of the molecule is CCCC(C)Oc1c(CCN)cccc1OCC. The first-order valence-electron chi connectivity index (χ1n) is 6.84. The molecule has 1 aromatic carbocycles. The van der Waals surface area contributed by atoms with Crippen LogP contribution in [0.4, 0.5) is 0 Å². The van der Waals surface area contributed by atoms with E-state index in [2.05, 4.69) is 19.9 Å². The van der Waals surface area contributed by atoms with Crippen LogP contribution in [0.5, 0.6) is 11.5 Å². The Balaban J connectivity index is 2.94. The molecule has 1 rings (SSSR count). The van der Waals surface area contributed by atoms with Gasteiger partial charge in [-0.05, 0) is 44.9 Å². The second-order valence-corrected chi connectivity index (χ2v) is 4.43. The molecule has 3 nitrogen and oxygen atoms in total. The molecule has 0 aliphatic carbocycles. The number of benzene rings is 1. The molecule has 18 heavy (non-hydrogen) atoms. The maximum Gasteiger partial charge on any atom is 0.164 e. The standard InChI is InChI=1S/C15H25NO2/c1-4-7-12(3)18-15-13(10-11-16)8-6-9-14(15)17-5-2/h6,8-9,12H,4-5,7,10-11,16H2,1-3H3. The number of rotatable bonds is 8. The molecule has 0 spiro atoms. The summed E-state index contributed by atoms with van der Waals surface area (Å²) in [6.07, 6.45) is 3.18. The van der Waals surface area contributed by atoms with E-state index >= 15 is 0 Å². The van der Waals surface area contributed by atoms with E-state index < -0.39 is 0 Å². The van der Waals surface area contributed by atoms with Gasteiger partial charge in [-0.1, -0.05) is 25.5 Å². The lowest BCUT2D eigenvalue weighted by Crippen LogP contribution is -2.14. The Hall–Kier alpha value is -1.22. The van der Waals surface area contributed by atoms with E-state index in [1.54, 1.807) is 0 Å². The van der Waals surface area contributed by atoms with Crippen LogP contribution >= 0.6 is 0 Å². The van der Waals surface area contributed by atoms with Crippen LogP contribution in [0.25, 0.3) is 0 Å². The summed E-state index contributed by atoms with van der Waals surface area (Å²) in [6.45, 7) is 7.50. The van der Waals surface area contributed by atoms with Gasteiger partial charge in [0.05, 0.1) is 12.7 Å². The maximum absolute atomic E-state index is 6.04. The minimum absolute atomic E-state index is 0.202. The van der Waals surface area contributed by atoms with Gasteiger partial charge in [-0.25, -0.2) is 0 Å². The molecule has 0 aliphatic rings. The van der Waals surface area contributed by atoms with Gasteiger partial charge in [0.2, 0.25) is 0 Å². The van der Waals surface area contributed by atoms with Crippen LogP contribution in [0.2, 0.25) is 0 Å². The van der Waals surface area contributed by atoms with Gasteiger partial charge in [-0.3, -0.25) is 0 Å². The van der Waals surface area contributed by atoms with Crippen LogP contribution in [-0.2, 0) is 6.42 Å². The lowest BCUT2D eigenvalue weighted by Gasteiger charge is -2.20. The lowest BCUT2D eigenvalue weighted by atomic mass is 10.1. The van der Waals surface area contributed by atoms with Crippen LogP contribution in [0.1, 0.15) is 39.2 Å². The van der Waals surface area contributed by atoms with E-state index in [-0.39, 0.29) is 6.10 Å². The maximum atomic E-state index is 6.04. The van der Waals surface area contributed by atoms with Gasteiger partial charge in [-0.2, -0.15) is 0 Å². The molecule has 0 amide bonds. The van der Waals surface area contributed by atoms with Crippen LogP contribution in [0.3, 0.4) is 0 Å². The molecule has 1 atom stereocenters. The molecule has 2 N–H and O–H groups in total. The Morgan fingerprint density at radius 2 is 2.06 bits per heavy atom. The van der Waals surface area contributed by atoms with Gasteiger partial charge in [0.1, 0.15) is 0 Å². The highest BCUT2D eigenvalue weighted by molar-refractivity contribution is 5.47. The molecule has 0 heterocycles. The van der Waals surface area contributed by atoms with Gasteiger partial charge in [0.15, 0.2) is 11.5 Å². The van der Waals surface area contributed by atoms with Crippen molar-refractivity contribution in [2.75, 3.05) is 13.2 Å². The average Bonchev–Trinajstić information content (AvgIpc) is 2.34. The zero-order valence-electron chi connectivity index (χ0n) is 11.7. The highest BCUT2D eigenvalue weighted by Gasteiger charge is 2.13. The molecule has 0 saturated carbocycles. The molecule has 0 radical (unpaired) electrons. The molecule has 102 valence electrons. The zero-order valence-corrected chi connectivity index (χ0v) is 11.7. The smallest absolute Gasteiger partial charge is 0.164 e. The van der Waals surface area contributed by atoms with Crippen molar-refractivity contribution in [3.8, 4) is 11.5 Å². The molecule has 0 aliphatic heterocycles. The fourth-order valence-electron chi connectivity index (χ4n) is 1.98. The lowest BCUT2D eigenvalue weighted by molar-refractivity contribution is 0.195. The van der Waals surface area contributed by atoms with Crippen molar-refractivity contribution >= 4 is 0 Å². The molecule has 0 fully saturated rings. The predicted molar refractivity (Wildman–Crippen MR) is 75.4 cm³/mol. The number of para-hydroxylation sites is 1. The summed E-state index contributed by atoms with van der Waals surface area (Å²) in [5, 5.41) is 0. The second kappa shape index (κ2) is 7.98. The van der Waals surface area contributed by atoms with E-state index in [0.29, 0.717) is 13.2 Å². The second-order valence-electron chi connectivity index (χ2n) is 4.43.